The second kappa shape index (κ2) is 7.78. The fraction of sp³-hybridized carbons (Fsp3) is 0.562. The van der Waals surface area contributed by atoms with Crippen LogP contribution in [0.3, 0.4) is 0 Å². The lowest BCUT2D eigenvalue weighted by atomic mass is 9.96. The number of aliphatic imine (C=N–C) groups is 1. The van der Waals surface area contributed by atoms with Crippen LogP contribution in [0.4, 0.5) is 0 Å². The van der Waals surface area contributed by atoms with Gasteiger partial charge in [0.15, 0.2) is 5.96 Å². The molecule has 1 aliphatic carbocycles. The molecule has 0 atom stereocenters. The van der Waals surface area contributed by atoms with Gasteiger partial charge in [0.25, 0.3) is 0 Å². The van der Waals surface area contributed by atoms with Crippen LogP contribution in [0.1, 0.15) is 37.7 Å². The molecule has 0 heterocycles. The van der Waals surface area contributed by atoms with Crippen LogP contribution in [0.15, 0.2) is 29.3 Å². The number of hydrogen-bond donors (Lipinski definition) is 2. The topological polar surface area (TPSA) is 59.6 Å². The first-order valence-corrected chi connectivity index (χ1v) is 7.47. The fourth-order valence-electron chi connectivity index (χ4n) is 2.60. The molecule has 0 amide bonds. The number of hydrogen-bond acceptors (Lipinski definition) is 2. The Balaban J connectivity index is 1.73. The number of methoxy groups -OCH3 is 1. The van der Waals surface area contributed by atoms with E-state index in [0.717, 1.165) is 18.7 Å². The smallest absolute Gasteiger partial charge is 0.188 e. The Hall–Kier alpha value is -1.71. The largest absolute Gasteiger partial charge is 0.497 e. The summed E-state index contributed by atoms with van der Waals surface area (Å²) in [5.74, 6) is 1.47. The Morgan fingerprint density at radius 1 is 1.25 bits per heavy atom. The maximum atomic E-state index is 5.93. The molecule has 1 aromatic rings. The van der Waals surface area contributed by atoms with E-state index < -0.39 is 0 Å². The van der Waals surface area contributed by atoms with Gasteiger partial charge in [-0.25, -0.2) is 0 Å². The number of ether oxygens (including phenoxy) is 1. The van der Waals surface area contributed by atoms with Gasteiger partial charge in [0.2, 0.25) is 0 Å². The monoisotopic (exact) mass is 275 g/mol. The molecule has 110 valence electrons. The second-order valence-electron chi connectivity index (χ2n) is 5.34. The standard InChI is InChI=1S/C16H25N3O/c1-20-15-9-7-13(8-10-15)11-12-18-16(17)19-14-5-3-2-4-6-14/h7-10,14H,2-6,11-12H2,1H3,(H3,17,18,19). The van der Waals surface area contributed by atoms with E-state index in [2.05, 4.69) is 22.4 Å². The highest BCUT2D eigenvalue weighted by Crippen LogP contribution is 2.17. The lowest BCUT2D eigenvalue weighted by Gasteiger charge is -2.23. The van der Waals surface area contributed by atoms with Gasteiger partial charge >= 0.3 is 0 Å². The summed E-state index contributed by atoms with van der Waals surface area (Å²) in [4.78, 5) is 4.41. The van der Waals surface area contributed by atoms with Crippen LogP contribution in [-0.4, -0.2) is 25.7 Å². The number of nitrogens with zero attached hydrogens (tertiary/aromatic N) is 1. The third-order valence-electron chi connectivity index (χ3n) is 3.80. The predicted molar refractivity (Wildman–Crippen MR) is 83.2 cm³/mol. The second-order valence-corrected chi connectivity index (χ2v) is 5.34. The van der Waals surface area contributed by atoms with Gasteiger partial charge in [-0.1, -0.05) is 31.4 Å². The van der Waals surface area contributed by atoms with Crippen molar-refractivity contribution in [2.24, 2.45) is 10.7 Å². The summed E-state index contributed by atoms with van der Waals surface area (Å²) in [5, 5.41) is 3.33. The molecular weight excluding hydrogens is 250 g/mol. The number of nitrogens with two attached hydrogens (primary N) is 1. The van der Waals surface area contributed by atoms with E-state index in [0.29, 0.717) is 12.0 Å². The molecule has 4 nitrogen and oxygen atoms in total. The lowest BCUT2D eigenvalue weighted by Crippen LogP contribution is -2.41. The van der Waals surface area contributed by atoms with Crippen LogP contribution in [0, 0.1) is 0 Å². The molecule has 0 spiro atoms. The minimum Gasteiger partial charge on any atom is -0.497 e. The zero-order valence-electron chi connectivity index (χ0n) is 12.3. The molecule has 3 N–H and O–H groups in total. The van der Waals surface area contributed by atoms with Crippen molar-refractivity contribution < 1.29 is 4.74 Å². The van der Waals surface area contributed by atoms with Crippen molar-refractivity contribution in [1.82, 2.24) is 5.32 Å². The van der Waals surface area contributed by atoms with Crippen molar-refractivity contribution in [3.8, 4) is 5.75 Å². The fourth-order valence-corrected chi connectivity index (χ4v) is 2.60. The van der Waals surface area contributed by atoms with E-state index in [4.69, 9.17) is 10.5 Å². The maximum absolute atomic E-state index is 5.93. The molecular formula is C16H25N3O. The summed E-state index contributed by atoms with van der Waals surface area (Å²) in [6, 6.07) is 8.61. The van der Waals surface area contributed by atoms with Gasteiger partial charge in [-0.15, -0.1) is 0 Å². The molecule has 1 fully saturated rings. The molecule has 2 rings (SSSR count). The molecule has 0 unspecified atom stereocenters. The summed E-state index contributed by atoms with van der Waals surface area (Å²) < 4.78 is 5.14. The maximum Gasteiger partial charge on any atom is 0.188 e. The van der Waals surface area contributed by atoms with Gasteiger partial charge in [-0.2, -0.15) is 0 Å². The van der Waals surface area contributed by atoms with Crippen molar-refractivity contribution in [1.29, 1.82) is 0 Å². The highest BCUT2D eigenvalue weighted by Gasteiger charge is 2.12. The minimum absolute atomic E-state index is 0.522. The van der Waals surface area contributed by atoms with Gasteiger partial charge in [0.1, 0.15) is 5.75 Å². The van der Waals surface area contributed by atoms with Gasteiger partial charge in [-0.3, -0.25) is 4.99 Å². The normalized spacial score (nSPS) is 16.9. The van der Waals surface area contributed by atoms with E-state index in [1.54, 1.807) is 7.11 Å². The van der Waals surface area contributed by atoms with E-state index in [-0.39, 0.29) is 0 Å². The van der Waals surface area contributed by atoms with Crippen molar-refractivity contribution in [2.75, 3.05) is 13.7 Å². The lowest BCUT2D eigenvalue weighted by molar-refractivity contribution is 0.412. The minimum atomic E-state index is 0.522. The SMILES string of the molecule is COc1ccc(CCN=C(N)NC2CCCCC2)cc1. The van der Waals surface area contributed by atoms with Crippen LogP contribution < -0.4 is 15.8 Å². The first-order chi connectivity index (χ1) is 9.78. The number of guanidine groups is 1. The molecule has 0 bridgehead atoms. The third kappa shape index (κ3) is 4.76. The van der Waals surface area contributed by atoms with Crippen LogP contribution >= 0.6 is 0 Å². The van der Waals surface area contributed by atoms with Crippen molar-refractivity contribution in [2.45, 2.75) is 44.6 Å². The van der Waals surface area contributed by atoms with Crippen molar-refractivity contribution in [3.05, 3.63) is 29.8 Å². The Kier molecular flexibility index (Phi) is 5.71. The summed E-state index contributed by atoms with van der Waals surface area (Å²) >= 11 is 0. The Bertz CT molecular complexity index is 422. The quantitative estimate of drug-likeness (QED) is 0.641. The molecule has 0 saturated heterocycles. The summed E-state index contributed by atoms with van der Waals surface area (Å²) in [6.07, 6.45) is 7.29. The number of benzene rings is 1. The highest BCUT2D eigenvalue weighted by molar-refractivity contribution is 5.78. The summed E-state index contributed by atoms with van der Waals surface area (Å²) in [5.41, 5.74) is 7.18. The number of rotatable bonds is 5. The molecule has 1 saturated carbocycles. The van der Waals surface area contributed by atoms with Crippen LogP contribution in [-0.2, 0) is 6.42 Å². The van der Waals surface area contributed by atoms with Crippen LogP contribution in [0.5, 0.6) is 5.75 Å². The molecule has 20 heavy (non-hydrogen) atoms. The van der Waals surface area contributed by atoms with Crippen LogP contribution in [0.2, 0.25) is 0 Å². The van der Waals surface area contributed by atoms with E-state index in [9.17, 15) is 0 Å². The highest BCUT2D eigenvalue weighted by atomic mass is 16.5. The molecule has 0 aromatic heterocycles. The van der Waals surface area contributed by atoms with Gasteiger partial charge in [0.05, 0.1) is 7.11 Å². The summed E-state index contributed by atoms with van der Waals surface area (Å²) in [7, 11) is 1.68. The molecule has 1 aliphatic rings. The van der Waals surface area contributed by atoms with E-state index in [1.807, 2.05) is 12.1 Å². The summed E-state index contributed by atoms with van der Waals surface area (Å²) in [6.45, 7) is 0.720. The molecule has 0 radical (unpaired) electrons. The zero-order chi connectivity index (χ0) is 14.2. The zero-order valence-corrected chi connectivity index (χ0v) is 12.3. The predicted octanol–water partition coefficient (Wildman–Crippen LogP) is 2.47. The first-order valence-electron chi connectivity index (χ1n) is 7.47. The average molecular weight is 275 g/mol. The van der Waals surface area contributed by atoms with Crippen LogP contribution in [0.25, 0.3) is 0 Å². The van der Waals surface area contributed by atoms with Gasteiger partial charge in [0, 0.05) is 12.6 Å². The first kappa shape index (κ1) is 14.7. The number of nitrogens with one attached hydrogen (secondary N) is 1. The third-order valence-corrected chi connectivity index (χ3v) is 3.80. The van der Waals surface area contributed by atoms with Gasteiger partial charge < -0.3 is 15.8 Å². The Morgan fingerprint density at radius 3 is 2.60 bits per heavy atom. The average Bonchev–Trinajstić information content (AvgIpc) is 2.49. The Labute approximate surface area is 121 Å². The van der Waals surface area contributed by atoms with E-state index in [1.165, 1.54) is 37.7 Å². The Morgan fingerprint density at radius 2 is 1.95 bits per heavy atom. The molecule has 4 heteroatoms. The molecule has 1 aromatic carbocycles. The van der Waals surface area contributed by atoms with Crippen molar-refractivity contribution in [3.63, 3.8) is 0 Å². The van der Waals surface area contributed by atoms with Gasteiger partial charge in [-0.05, 0) is 37.0 Å². The van der Waals surface area contributed by atoms with Crippen molar-refractivity contribution >= 4 is 5.96 Å². The molecule has 0 aliphatic heterocycles. The van der Waals surface area contributed by atoms with E-state index >= 15 is 0 Å².